The molecule has 0 radical (unpaired) electrons. The van der Waals surface area contributed by atoms with E-state index in [9.17, 15) is 0 Å². The van der Waals surface area contributed by atoms with Crippen molar-refractivity contribution in [3.8, 4) is 0 Å². The maximum atomic E-state index is 3.72. The maximum absolute atomic E-state index is 3.72. The van der Waals surface area contributed by atoms with Gasteiger partial charge in [-0.15, -0.1) is 0 Å². The largest absolute Gasteiger partial charge is 0.310 e. The summed E-state index contributed by atoms with van der Waals surface area (Å²) in [6, 6.07) is 9.98. The Morgan fingerprint density at radius 2 is 1.74 bits per heavy atom. The molecular weight excluding hydrogens is 232 g/mol. The molecule has 2 fully saturated rings. The average Bonchev–Trinajstić information content (AvgIpc) is 3.31. The molecule has 19 heavy (non-hydrogen) atoms. The van der Waals surface area contributed by atoms with Crippen molar-refractivity contribution in [3.63, 3.8) is 0 Å². The summed E-state index contributed by atoms with van der Waals surface area (Å²) in [6.07, 6.45) is 5.39. The molecule has 1 aromatic carbocycles. The SMILES string of the molecule is CCN1CCC(NCc2ccc(C3CC3)cc2)CC1. The van der Waals surface area contributed by atoms with Gasteiger partial charge in [0.2, 0.25) is 0 Å². The molecule has 1 aliphatic carbocycles. The Labute approximate surface area is 117 Å². The summed E-state index contributed by atoms with van der Waals surface area (Å²) in [7, 11) is 0. The van der Waals surface area contributed by atoms with Crippen LogP contribution in [0.15, 0.2) is 24.3 Å². The Kier molecular flexibility index (Phi) is 4.19. The minimum Gasteiger partial charge on any atom is -0.310 e. The molecule has 0 unspecified atom stereocenters. The van der Waals surface area contributed by atoms with Gasteiger partial charge in [-0.1, -0.05) is 31.2 Å². The van der Waals surface area contributed by atoms with E-state index in [0.717, 1.165) is 12.5 Å². The molecule has 2 aliphatic rings. The van der Waals surface area contributed by atoms with Crippen LogP contribution in [0.4, 0.5) is 0 Å². The highest BCUT2D eigenvalue weighted by Gasteiger charge is 2.23. The standard InChI is InChI=1S/C17H26N2/c1-2-19-11-9-17(10-12-19)18-13-14-3-5-15(6-4-14)16-7-8-16/h3-6,16-18H,2,7-13H2,1H3. The van der Waals surface area contributed by atoms with Crippen molar-refractivity contribution in [2.45, 2.75) is 51.1 Å². The van der Waals surface area contributed by atoms with Gasteiger partial charge < -0.3 is 10.2 Å². The van der Waals surface area contributed by atoms with Crippen molar-refractivity contribution < 1.29 is 0 Å². The van der Waals surface area contributed by atoms with Crippen LogP contribution in [0.3, 0.4) is 0 Å². The van der Waals surface area contributed by atoms with Crippen LogP contribution in [0.1, 0.15) is 49.7 Å². The van der Waals surface area contributed by atoms with Crippen molar-refractivity contribution in [1.82, 2.24) is 10.2 Å². The summed E-state index contributed by atoms with van der Waals surface area (Å²) in [5.74, 6) is 0.875. The third kappa shape index (κ3) is 3.58. The Morgan fingerprint density at radius 3 is 2.32 bits per heavy atom. The number of rotatable bonds is 5. The fraction of sp³-hybridized carbons (Fsp3) is 0.647. The van der Waals surface area contributed by atoms with Gasteiger partial charge in [-0.3, -0.25) is 0 Å². The summed E-state index contributed by atoms with van der Waals surface area (Å²) in [5, 5.41) is 3.72. The zero-order valence-electron chi connectivity index (χ0n) is 12.1. The first-order valence-electron chi connectivity index (χ1n) is 7.89. The molecule has 1 heterocycles. The Morgan fingerprint density at radius 1 is 1.05 bits per heavy atom. The summed E-state index contributed by atoms with van der Waals surface area (Å²) in [4.78, 5) is 2.54. The second-order valence-electron chi connectivity index (χ2n) is 6.11. The number of hydrogen-bond acceptors (Lipinski definition) is 2. The Balaban J connectivity index is 1.44. The lowest BCUT2D eigenvalue weighted by Crippen LogP contribution is -2.42. The highest BCUT2D eigenvalue weighted by Crippen LogP contribution is 2.39. The number of hydrogen-bond donors (Lipinski definition) is 1. The van der Waals surface area contributed by atoms with Crippen molar-refractivity contribution in [1.29, 1.82) is 0 Å². The molecule has 0 atom stereocenters. The van der Waals surface area contributed by atoms with E-state index in [2.05, 4.69) is 41.4 Å². The zero-order valence-corrected chi connectivity index (χ0v) is 12.1. The van der Waals surface area contributed by atoms with E-state index in [1.807, 2.05) is 0 Å². The lowest BCUT2D eigenvalue weighted by Gasteiger charge is -2.31. The fourth-order valence-corrected chi connectivity index (χ4v) is 3.04. The smallest absolute Gasteiger partial charge is 0.0208 e. The van der Waals surface area contributed by atoms with E-state index in [0.29, 0.717) is 6.04 Å². The van der Waals surface area contributed by atoms with Crippen LogP contribution in [0.5, 0.6) is 0 Å². The second kappa shape index (κ2) is 6.06. The predicted octanol–water partition coefficient (Wildman–Crippen LogP) is 3.14. The molecule has 2 heteroatoms. The zero-order chi connectivity index (χ0) is 13.1. The van der Waals surface area contributed by atoms with E-state index in [4.69, 9.17) is 0 Å². The van der Waals surface area contributed by atoms with Gasteiger partial charge in [-0.05, 0) is 62.4 Å². The molecule has 1 saturated heterocycles. The van der Waals surface area contributed by atoms with Crippen molar-refractivity contribution in [2.75, 3.05) is 19.6 Å². The second-order valence-corrected chi connectivity index (χ2v) is 6.11. The van der Waals surface area contributed by atoms with E-state index in [-0.39, 0.29) is 0 Å². The molecule has 3 rings (SSSR count). The van der Waals surface area contributed by atoms with Crippen molar-refractivity contribution in [3.05, 3.63) is 35.4 Å². The normalized spacial score (nSPS) is 21.7. The fourth-order valence-electron chi connectivity index (χ4n) is 3.04. The van der Waals surface area contributed by atoms with Crippen LogP contribution in [-0.2, 0) is 6.54 Å². The van der Waals surface area contributed by atoms with Gasteiger partial charge in [-0.2, -0.15) is 0 Å². The third-order valence-electron chi connectivity index (χ3n) is 4.66. The number of nitrogens with one attached hydrogen (secondary N) is 1. The third-order valence-corrected chi connectivity index (χ3v) is 4.66. The minimum absolute atomic E-state index is 0.714. The first-order chi connectivity index (χ1) is 9.35. The van der Waals surface area contributed by atoms with E-state index >= 15 is 0 Å². The van der Waals surface area contributed by atoms with Crippen LogP contribution in [0.2, 0.25) is 0 Å². The topological polar surface area (TPSA) is 15.3 Å². The molecule has 2 nitrogen and oxygen atoms in total. The quantitative estimate of drug-likeness (QED) is 0.873. The van der Waals surface area contributed by atoms with Gasteiger partial charge in [0.05, 0.1) is 0 Å². The molecule has 1 N–H and O–H groups in total. The van der Waals surface area contributed by atoms with Gasteiger partial charge in [0.1, 0.15) is 0 Å². The van der Waals surface area contributed by atoms with Crippen molar-refractivity contribution >= 4 is 0 Å². The van der Waals surface area contributed by atoms with E-state index in [1.165, 1.54) is 50.9 Å². The molecule has 1 aromatic rings. The van der Waals surface area contributed by atoms with Crippen LogP contribution < -0.4 is 5.32 Å². The van der Waals surface area contributed by atoms with Gasteiger partial charge in [-0.25, -0.2) is 0 Å². The molecule has 0 aromatic heterocycles. The lowest BCUT2D eigenvalue weighted by molar-refractivity contribution is 0.206. The summed E-state index contributed by atoms with van der Waals surface area (Å²) >= 11 is 0. The summed E-state index contributed by atoms with van der Waals surface area (Å²) < 4.78 is 0. The van der Waals surface area contributed by atoms with Crippen LogP contribution in [0, 0.1) is 0 Å². The Hall–Kier alpha value is -0.860. The first kappa shape index (κ1) is 13.1. The maximum Gasteiger partial charge on any atom is 0.0208 e. The molecule has 0 amide bonds. The van der Waals surface area contributed by atoms with Gasteiger partial charge in [0.15, 0.2) is 0 Å². The number of piperidine rings is 1. The Bertz CT molecular complexity index is 386. The van der Waals surface area contributed by atoms with E-state index in [1.54, 1.807) is 5.56 Å². The molecule has 0 bridgehead atoms. The molecule has 104 valence electrons. The lowest BCUT2D eigenvalue weighted by atomic mass is 10.0. The summed E-state index contributed by atoms with van der Waals surface area (Å²) in [6.45, 7) is 7.01. The number of nitrogens with zero attached hydrogens (tertiary/aromatic N) is 1. The first-order valence-corrected chi connectivity index (χ1v) is 7.89. The molecule has 0 spiro atoms. The van der Waals surface area contributed by atoms with Crippen LogP contribution in [-0.4, -0.2) is 30.6 Å². The van der Waals surface area contributed by atoms with Crippen LogP contribution >= 0.6 is 0 Å². The number of likely N-dealkylation sites (tertiary alicyclic amines) is 1. The van der Waals surface area contributed by atoms with Gasteiger partial charge >= 0.3 is 0 Å². The van der Waals surface area contributed by atoms with Gasteiger partial charge in [0, 0.05) is 12.6 Å². The molecular formula is C17H26N2. The van der Waals surface area contributed by atoms with Crippen LogP contribution in [0.25, 0.3) is 0 Å². The highest BCUT2D eigenvalue weighted by molar-refractivity contribution is 5.28. The molecule has 1 aliphatic heterocycles. The van der Waals surface area contributed by atoms with Gasteiger partial charge in [0.25, 0.3) is 0 Å². The molecule has 1 saturated carbocycles. The average molecular weight is 258 g/mol. The summed E-state index contributed by atoms with van der Waals surface area (Å²) in [5.41, 5.74) is 2.97. The predicted molar refractivity (Wildman–Crippen MR) is 80.4 cm³/mol. The highest BCUT2D eigenvalue weighted by atomic mass is 15.1. The van der Waals surface area contributed by atoms with Crippen molar-refractivity contribution in [2.24, 2.45) is 0 Å². The van der Waals surface area contributed by atoms with E-state index < -0.39 is 0 Å². The monoisotopic (exact) mass is 258 g/mol. The minimum atomic E-state index is 0.714. The number of benzene rings is 1.